The minimum Gasteiger partial charge on any atom is -0.497 e. The summed E-state index contributed by atoms with van der Waals surface area (Å²) in [6.45, 7) is 1.95. The number of aryl methyl sites for hydroxylation is 1. The summed E-state index contributed by atoms with van der Waals surface area (Å²) < 4.78 is 18.8. The van der Waals surface area contributed by atoms with E-state index in [0.29, 0.717) is 10.7 Å². The molecule has 0 saturated heterocycles. The van der Waals surface area contributed by atoms with Gasteiger partial charge in [0.25, 0.3) is 0 Å². The van der Waals surface area contributed by atoms with E-state index in [1.54, 1.807) is 25.3 Å². The molecule has 3 rings (SSSR count). The molecule has 1 heterocycles. The lowest BCUT2D eigenvalue weighted by Gasteiger charge is -2.03. The smallest absolute Gasteiger partial charge is 0.230 e. The molecule has 0 saturated carbocycles. The van der Waals surface area contributed by atoms with E-state index in [-0.39, 0.29) is 18.1 Å². The first-order valence-electron chi connectivity index (χ1n) is 7.72. The lowest BCUT2D eigenvalue weighted by atomic mass is 10.1. The summed E-state index contributed by atoms with van der Waals surface area (Å²) in [4.78, 5) is 17.6. The molecule has 0 spiro atoms. The summed E-state index contributed by atoms with van der Waals surface area (Å²) in [6.07, 6.45) is -0.0246. The molecular formula is C19H17FN2O2S. The molecule has 0 fully saturated rings. The van der Waals surface area contributed by atoms with Crippen LogP contribution in [0.3, 0.4) is 0 Å². The van der Waals surface area contributed by atoms with Crippen LogP contribution in [0, 0.1) is 12.7 Å². The van der Waals surface area contributed by atoms with Crippen LogP contribution in [0.25, 0.3) is 11.3 Å². The van der Waals surface area contributed by atoms with Crippen molar-refractivity contribution in [3.63, 3.8) is 0 Å². The summed E-state index contributed by atoms with van der Waals surface area (Å²) in [5.41, 5.74) is 2.13. The van der Waals surface area contributed by atoms with E-state index in [0.717, 1.165) is 21.9 Å². The van der Waals surface area contributed by atoms with Crippen LogP contribution < -0.4 is 10.1 Å². The lowest BCUT2D eigenvalue weighted by molar-refractivity contribution is -0.115. The highest BCUT2D eigenvalue weighted by molar-refractivity contribution is 7.16. The van der Waals surface area contributed by atoms with Gasteiger partial charge in [0.1, 0.15) is 11.6 Å². The van der Waals surface area contributed by atoms with Gasteiger partial charge >= 0.3 is 0 Å². The highest BCUT2D eigenvalue weighted by Gasteiger charge is 2.13. The number of thiazole rings is 1. The van der Waals surface area contributed by atoms with Crippen molar-refractivity contribution in [2.45, 2.75) is 13.3 Å². The maximum absolute atomic E-state index is 13.6. The number of methoxy groups -OCH3 is 1. The molecule has 0 bridgehead atoms. The number of anilines is 1. The van der Waals surface area contributed by atoms with Crippen molar-refractivity contribution in [1.82, 2.24) is 4.98 Å². The van der Waals surface area contributed by atoms with Gasteiger partial charge in [-0.3, -0.25) is 4.79 Å². The average molecular weight is 356 g/mol. The van der Waals surface area contributed by atoms with Gasteiger partial charge < -0.3 is 10.1 Å². The van der Waals surface area contributed by atoms with Crippen molar-refractivity contribution < 1.29 is 13.9 Å². The molecule has 0 unspecified atom stereocenters. The molecule has 25 heavy (non-hydrogen) atoms. The number of aromatic nitrogens is 1. The number of ether oxygens (including phenoxy) is 1. The number of nitrogens with one attached hydrogen (secondary N) is 1. The van der Waals surface area contributed by atoms with Gasteiger partial charge in [-0.2, -0.15) is 0 Å². The van der Waals surface area contributed by atoms with Gasteiger partial charge in [-0.25, -0.2) is 9.37 Å². The van der Waals surface area contributed by atoms with E-state index in [1.807, 2.05) is 31.2 Å². The molecule has 0 aliphatic heterocycles. The third kappa shape index (κ3) is 4.03. The van der Waals surface area contributed by atoms with Crippen molar-refractivity contribution in [3.05, 3.63) is 64.8 Å². The first-order valence-corrected chi connectivity index (χ1v) is 8.53. The van der Waals surface area contributed by atoms with Crippen LogP contribution in [0.1, 0.15) is 10.4 Å². The molecule has 3 aromatic rings. The first-order chi connectivity index (χ1) is 12.1. The number of benzene rings is 2. The summed E-state index contributed by atoms with van der Waals surface area (Å²) in [6, 6.07) is 13.8. The Balaban J connectivity index is 1.73. The third-order valence-corrected chi connectivity index (χ3v) is 4.60. The Kier molecular flexibility index (Phi) is 5.09. The fourth-order valence-corrected chi connectivity index (χ4v) is 3.30. The van der Waals surface area contributed by atoms with Crippen LogP contribution in [0.5, 0.6) is 5.75 Å². The van der Waals surface area contributed by atoms with E-state index in [4.69, 9.17) is 4.74 Å². The maximum Gasteiger partial charge on any atom is 0.230 e. The highest BCUT2D eigenvalue weighted by Crippen LogP contribution is 2.31. The van der Waals surface area contributed by atoms with E-state index >= 15 is 0 Å². The normalized spacial score (nSPS) is 10.5. The molecule has 128 valence electrons. The van der Waals surface area contributed by atoms with Crippen molar-refractivity contribution in [2.24, 2.45) is 0 Å². The number of hydrogen-bond acceptors (Lipinski definition) is 4. The van der Waals surface area contributed by atoms with Crippen molar-refractivity contribution in [3.8, 4) is 17.0 Å². The Morgan fingerprint density at radius 3 is 2.60 bits per heavy atom. The molecule has 1 N–H and O–H groups in total. The molecule has 0 aliphatic carbocycles. The Morgan fingerprint density at radius 1 is 1.20 bits per heavy atom. The van der Waals surface area contributed by atoms with Crippen LogP contribution in [0.2, 0.25) is 0 Å². The molecule has 2 aromatic carbocycles. The zero-order valence-corrected chi connectivity index (χ0v) is 14.7. The van der Waals surface area contributed by atoms with E-state index in [9.17, 15) is 9.18 Å². The minimum atomic E-state index is -0.383. The van der Waals surface area contributed by atoms with Crippen LogP contribution in [0.15, 0.2) is 48.5 Å². The van der Waals surface area contributed by atoms with Gasteiger partial charge in [0.15, 0.2) is 5.13 Å². The maximum atomic E-state index is 13.6. The second-order valence-corrected chi connectivity index (χ2v) is 6.67. The second kappa shape index (κ2) is 7.44. The fraction of sp³-hybridized carbons (Fsp3) is 0.158. The van der Waals surface area contributed by atoms with Crippen molar-refractivity contribution in [2.75, 3.05) is 12.4 Å². The second-order valence-electron chi connectivity index (χ2n) is 5.47. The van der Waals surface area contributed by atoms with Gasteiger partial charge in [-0.05, 0) is 42.8 Å². The lowest BCUT2D eigenvalue weighted by Crippen LogP contribution is -2.15. The zero-order valence-electron chi connectivity index (χ0n) is 13.9. The Labute approximate surface area is 149 Å². The van der Waals surface area contributed by atoms with Crippen LogP contribution >= 0.6 is 11.3 Å². The van der Waals surface area contributed by atoms with Gasteiger partial charge in [-0.15, -0.1) is 11.3 Å². The molecule has 4 nitrogen and oxygen atoms in total. The molecule has 1 amide bonds. The standard InChI is InChI=1S/C19H17FN2O2S/c1-12-18(13-7-9-15(24-2)10-8-13)22-19(25-12)21-17(23)11-14-5-3-4-6-16(14)20/h3-10H,11H2,1-2H3,(H,21,22,23). The van der Waals surface area contributed by atoms with Crippen LogP contribution in [-0.2, 0) is 11.2 Å². The largest absolute Gasteiger partial charge is 0.497 e. The molecule has 0 radical (unpaired) electrons. The molecule has 0 aliphatic rings. The van der Waals surface area contributed by atoms with Crippen molar-refractivity contribution in [1.29, 1.82) is 0 Å². The number of carbonyl (C=O) groups excluding carboxylic acids is 1. The quantitative estimate of drug-likeness (QED) is 0.735. The Bertz CT molecular complexity index is 891. The van der Waals surface area contributed by atoms with Crippen LogP contribution in [-0.4, -0.2) is 18.0 Å². The zero-order chi connectivity index (χ0) is 17.8. The number of nitrogens with zero attached hydrogens (tertiary/aromatic N) is 1. The van der Waals surface area contributed by atoms with Gasteiger partial charge in [0.2, 0.25) is 5.91 Å². The third-order valence-electron chi connectivity index (χ3n) is 3.72. The number of amides is 1. The summed E-state index contributed by atoms with van der Waals surface area (Å²) in [7, 11) is 1.62. The molecule has 1 aromatic heterocycles. The first kappa shape index (κ1) is 17.1. The topological polar surface area (TPSA) is 51.2 Å². The number of carbonyl (C=O) groups is 1. The number of halogens is 1. The Morgan fingerprint density at radius 2 is 1.92 bits per heavy atom. The van der Waals surface area contributed by atoms with Gasteiger partial charge in [0, 0.05) is 10.4 Å². The highest BCUT2D eigenvalue weighted by atomic mass is 32.1. The summed E-state index contributed by atoms with van der Waals surface area (Å²) >= 11 is 1.39. The van der Waals surface area contributed by atoms with Gasteiger partial charge in [0.05, 0.1) is 19.2 Å². The van der Waals surface area contributed by atoms with Gasteiger partial charge in [-0.1, -0.05) is 18.2 Å². The Hall–Kier alpha value is -2.73. The summed E-state index contributed by atoms with van der Waals surface area (Å²) in [5, 5.41) is 3.25. The average Bonchev–Trinajstić information content (AvgIpc) is 2.97. The molecular weight excluding hydrogens is 339 g/mol. The monoisotopic (exact) mass is 356 g/mol. The molecule has 6 heteroatoms. The predicted octanol–water partition coefficient (Wildman–Crippen LogP) is 4.45. The van der Waals surface area contributed by atoms with Crippen molar-refractivity contribution >= 4 is 22.4 Å². The van der Waals surface area contributed by atoms with E-state index < -0.39 is 0 Å². The number of rotatable bonds is 5. The number of hydrogen-bond donors (Lipinski definition) is 1. The fourth-order valence-electron chi connectivity index (χ4n) is 2.44. The predicted molar refractivity (Wildman–Crippen MR) is 97.6 cm³/mol. The molecule has 0 atom stereocenters. The summed E-state index contributed by atoms with van der Waals surface area (Å²) in [5.74, 6) is 0.0991. The van der Waals surface area contributed by atoms with E-state index in [2.05, 4.69) is 10.3 Å². The minimum absolute atomic E-state index is 0.0246. The van der Waals surface area contributed by atoms with Crippen LogP contribution in [0.4, 0.5) is 9.52 Å². The SMILES string of the molecule is COc1ccc(-c2nc(NC(=O)Cc3ccccc3F)sc2C)cc1. The van der Waals surface area contributed by atoms with E-state index in [1.165, 1.54) is 17.4 Å².